The fourth-order valence-corrected chi connectivity index (χ4v) is 2.01. The molecule has 3 atom stereocenters. The number of aldehydes is 1. The number of hydrogen-bond acceptors (Lipinski definition) is 2. The molecule has 0 aromatic carbocycles. The molecule has 54 valence electrons. The van der Waals surface area contributed by atoms with Gasteiger partial charge in [-0.2, -0.15) is 0 Å². The van der Waals surface area contributed by atoms with Gasteiger partial charge in [-0.25, -0.2) is 0 Å². The van der Waals surface area contributed by atoms with Crippen LogP contribution in [-0.2, 0) is 9.53 Å². The van der Waals surface area contributed by atoms with Crippen molar-refractivity contribution in [3.63, 3.8) is 0 Å². The Bertz CT molecular complexity index is 202. The Balaban J connectivity index is 2.30. The number of hydrogen-bond donors (Lipinski definition) is 0. The molecule has 0 N–H and O–H groups in total. The molecule has 0 radical (unpaired) electrons. The van der Waals surface area contributed by atoms with Crippen LogP contribution in [0.5, 0.6) is 0 Å². The maximum Gasteiger partial charge on any atom is 0.139 e. The topological polar surface area (TPSA) is 26.3 Å². The third-order valence-electron chi connectivity index (χ3n) is 2.00. The lowest BCUT2D eigenvalue weighted by Crippen LogP contribution is -2.32. The SMILES string of the molecule is O=C[C@@]1(Br)C[C@@H]2C=C[C@H]1O2. The molecule has 2 bridgehead atoms. The highest BCUT2D eigenvalue weighted by Gasteiger charge is 2.48. The zero-order valence-electron chi connectivity index (χ0n) is 5.29. The molecule has 10 heavy (non-hydrogen) atoms. The molecular formula is C7H7BrO2. The van der Waals surface area contributed by atoms with Gasteiger partial charge in [0.05, 0.1) is 12.2 Å². The summed E-state index contributed by atoms with van der Waals surface area (Å²) < 4.78 is 4.97. The number of rotatable bonds is 1. The average Bonchev–Trinajstić information content (AvgIpc) is 2.46. The molecular weight excluding hydrogens is 196 g/mol. The quantitative estimate of drug-likeness (QED) is 0.361. The second kappa shape index (κ2) is 1.92. The number of carbonyl (C=O) groups excluding carboxylic acids is 1. The van der Waals surface area contributed by atoms with E-state index < -0.39 is 4.32 Å². The van der Waals surface area contributed by atoms with E-state index in [0.717, 1.165) is 12.7 Å². The van der Waals surface area contributed by atoms with Crippen LogP contribution in [0.3, 0.4) is 0 Å². The van der Waals surface area contributed by atoms with Crippen LogP contribution >= 0.6 is 15.9 Å². The smallest absolute Gasteiger partial charge is 0.139 e. The Kier molecular flexibility index (Phi) is 1.26. The molecule has 2 nitrogen and oxygen atoms in total. The molecule has 1 fully saturated rings. The molecule has 2 aliphatic heterocycles. The highest BCUT2D eigenvalue weighted by Crippen LogP contribution is 2.41. The fraction of sp³-hybridized carbons (Fsp3) is 0.571. The van der Waals surface area contributed by atoms with Gasteiger partial charge in [0.25, 0.3) is 0 Å². The van der Waals surface area contributed by atoms with Crippen LogP contribution in [-0.4, -0.2) is 22.8 Å². The van der Waals surface area contributed by atoms with Crippen LogP contribution in [0.25, 0.3) is 0 Å². The maximum atomic E-state index is 10.6. The van der Waals surface area contributed by atoms with Gasteiger partial charge in [-0.15, -0.1) is 0 Å². The van der Waals surface area contributed by atoms with Gasteiger partial charge in [-0.1, -0.05) is 28.1 Å². The van der Waals surface area contributed by atoms with Crippen LogP contribution in [0.4, 0.5) is 0 Å². The minimum Gasteiger partial charge on any atom is -0.365 e. The summed E-state index contributed by atoms with van der Waals surface area (Å²) in [7, 11) is 0. The monoisotopic (exact) mass is 202 g/mol. The second-order valence-electron chi connectivity index (χ2n) is 2.73. The first-order chi connectivity index (χ1) is 4.74. The van der Waals surface area contributed by atoms with E-state index in [0.29, 0.717) is 0 Å². The molecule has 0 spiro atoms. The van der Waals surface area contributed by atoms with Gasteiger partial charge >= 0.3 is 0 Å². The number of carbonyl (C=O) groups is 1. The first-order valence-electron chi connectivity index (χ1n) is 3.24. The summed E-state index contributed by atoms with van der Waals surface area (Å²) in [6.07, 6.45) is 5.79. The molecule has 1 saturated heterocycles. The lowest BCUT2D eigenvalue weighted by Gasteiger charge is -2.18. The van der Waals surface area contributed by atoms with E-state index in [4.69, 9.17) is 4.74 Å². The lowest BCUT2D eigenvalue weighted by atomic mass is 9.96. The van der Waals surface area contributed by atoms with Crippen molar-refractivity contribution in [2.45, 2.75) is 23.0 Å². The largest absolute Gasteiger partial charge is 0.365 e. The van der Waals surface area contributed by atoms with Gasteiger partial charge in [0.1, 0.15) is 10.6 Å². The highest BCUT2D eigenvalue weighted by molar-refractivity contribution is 9.10. The van der Waals surface area contributed by atoms with Crippen molar-refractivity contribution in [1.82, 2.24) is 0 Å². The Morgan fingerprint density at radius 2 is 2.50 bits per heavy atom. The van der Waals surface area contributed by atoms with Crippen LogP contribution < -0.4 is 0 Å². The van der Waals surface area contributed by atoms with Crippen molar-refractivity contribution >= 4 is 22.2 Å². The number of ether oxygens (including phenoxy) is 1. The Morgan fingerprint density at radius 1 is 1.70 bits per heavy atom. The van der Waals surface area contributed by atoms with Crippen molar-refractivity contribution in [2.75, 3.05) is 0 Å². The van der Waals surface area contributed by atoms with E-state index in [1.165, 1.54) is 0 Å². The van der Waals surface area contributed by atoms with Gasteiger partial charge < -0.3 is 9.53 Å². The van der Waals surface area contributed by atoms with Crippen molar-refractivity contribution in [1.29, 1.82) is 0 Å². The van der Waals surface area contributed by atoms with Crippen molar-refractivity contribution in [3.8, 4) is 0 Å². The zero-order valence-corrected chi connectivity index (χ0v) is 6.87. The molecule has 0 aromatic heterocycles. The van der Waals surface area contributed by atoms with Gasteiger partial charge in [-0.05, 0) is 0 Å². The van der Waals surface area contributed by atoms with E-state index in [1.807, 2.05) is 12.2 Å². The van der Waals surface area contributed by atoms with Gasteiger partial charge in [0, 0.05) is 6.42 Å². The van der Waals surface area contributed by atoms with Crippen molar-refractivity contribution in [2.24, 2.45) is 0 Å². The molecule has 0 aliphatic carbocycles. The summed E-state index contributed by atoms with van der Waals surface area (Å²) in [5.41, 5.74) is 0. The normalized spacial score (nSPS) is 50.1. The first kappa shape index (κ1) is 6.55. The van der Waals surface area contributed by atoms with Crippen molar-refractivity contribution < 1.29 is 9.53 Å². The zero-order chi connectivity index (χ0) is 7.19. The number of halogens is 1. The van der Waals surface area contributed by atoms with Crippen LogP contribution in [0.1, 0.15) is 6.42 Å². The lowest BCUT2D eigenvalue weighted by molar-refractivity contribution is -0.110. The van der Waals surface area contributed by atoms with Crippen LogP contribution in [0.2, 0.25) is 0 Å². The third-order valence-corrected chi connectivity index (χ3v) is 2.97. The molecule has 2 heterocycles. The Morgan fingerprint density at radius 3 is 2.80 bits per heavy atom. The summed E-state index contributed by atoms with van der Waals surface area (Å²) in [4.78, 5) is 10.6. The molecule has 0 saturated carbocycles. The summed E-state index contributed by atoms with van der Waals surface area (Å²) >= 11 is 3.36. The summed E-state index contributed by atoms with van der Waals surface area (Å²) in [5.74, 6) is 0. The predicted molar refractivity (Wildman–Crippen MR) is 40.1 cm³/mol. The summed E-state index contributed by atoms with van der Waals surface area (Å²) in [6.45, 7) is 0. The molecule has 0 unspecified atom stereocenters. The summed E-state index contributed by atoms with van der Waals surface area (Å²) in [6, 6.07) is 0. The molecule has 2 rings (SSSR count). The molecule has 3 heteroatoms. The minimum atomic E-state index is -0.424. The Labute approximate surface area is 67.4 Å². The van der Waals surface area contributed by atoms with E-state index in [9.17, 15) is 4.79 Å². The van der Waals surface area contributed by atoms with E-state index >= 15 is 0 Å². The molecule has 0 aromatic rings. The predicted octanol–water partition coefficient (Wildman–Crippen LogP) is 1.05. The molecule has 2 aliphatic rings. The van der Waals surface area contributed by atoms with Gasteiger partial charge in [-0.3, -0.25) is 0 Å². The maximum absolute atomic E-state index is 10.6. The van der Waals surface area contributed by atoms with Gasteiger partial charge in [0.2, 0.25) is 0 Å². The number of fused-ring (bicyclic) bond motifs is 2. The fourth-order valence-electron chi connectivity index (χ4n) is 1.43. The van der Waals surface area contributed by atoms with E-state index in [1.54, 1.807) is 0 Å². The Hall–Kier alpha value is -0.150. The highest BCUT2D eigenvalue weighted by atomic mass is 79.9. The van der Waals surface area contributed by atoms with Crippen molar-refractivity contribution in [3.05, 3.63) is 12.2 Å². The summed E-state index contributed by atoms with van der Waals surface area (Å²) in [5, 5.41) is 0. The number of alkyl halides is 1. The van der Waals surface area contributed by atoms with E-state index in [2.05, 4.69) is 15.9 Å². The molecule has 0 amide bonds. The second-order valence-corrected chi connectivity index (χ2v) is 4.21. The van der Waals surface area contributed by atoms with E-state index in [-0.39, 0.29) is 12.2 Å². The van der Waals surface area contributed by atoms with Crippen LogP contribution in [0.15, 0.2) is 12.2 Å². The third kappa shape index (κ3) is 0.705. The van der Waals surface area contributed by atoms with Crippen LogP contribution in [0, 0.1) is 0 Å². The van der Waals surface area contributed by atoms with Gasteiger partial charge in [0.15, 0.2) is 0 Å². The average molecular weight is 203 g/mol. The minimum absolute atomic E-state index is 0.0324. The first-order valence-corrected chi connectivity index (χ1v) is 4.03. The standard InChI is InChI=1S/C7H7BrO2/c8-7(4-9)3-5-1-2-6(7)10-5/h1-2,4-6H,3H2/t5-,6+,7-/m0/s1.